The Kier molecular flexibility index (Phi) is 4.84. The fourth-order valence-corrected chi connectivity index (χ4v) is 1.70. The molecule has 0 unspecified atom stereocenters. The van der Waals surface area contributed by atoms with E-state index in [0.717, 1.165) is 12.1 Å². The van der Waals surface area contributed by atoms with Crippen LogP contribution in [0.25, 0.3) is 0 Å². The third-order valence-electron chi connectivity index (χ3n) is 2.62. The lowest BCUT2D eigenvalue weighted by molar-refractivity contribution is 0.102. The van der Waals surface area contributed by atoms with E-state index in [1.54, 1.807) is 24.3 Å². The molecule has 4 nitrogen and oxygen atoms in total. The molecule has 0 aliphatic rings. The Balaban J connectivity index is 2.05. The van der Waals surface area contributed by atoms with Gasteiger partial charge >= 0.3 is 0 Å². The molecular formula is C15H14F2N2O2. The third kappa shape index (κ3) is 4.25. The monoisotopic (exact) mass is 292 g/mol. The first-order valence-corrected chi connectivity index (χ1v) is 6.29. The van der Waals surface area contributed by atoms with Crippen molar-refractivity contribution in [1.29, 1.82) is 0 Å². The number of nitrogens with one attached hydrogen (secondary N) is 1. The maximum atomic E-state index is 13.1. The van der Waals surface area contributed by atoms with Crippen LogP contribution in [0.1, 0.15) is 10.4 Å². The van der Waals surface area contributed by atoms with Gasteiger partial charge in [-0.2, -0.15) is 0 Å². The Morgan fingerprint density at radius 1 is 1.10 bits per heavy atom. The molecule has 0 aliphatic heterocycles. The van der Waals surface area contributed by atoms with Crippen LogP contribution in [0.4, 0.5) is 14.5 Å². The fraction of sp³-hybridized carbons (Fsp3) is 0.133. The molecule has 2 aromatic rings. The SMILES string of the molecule is NCCOc1ccc(NC(=O)c2cc(F)cc(F)c2)cc1. The van der Waals surface area contributed by atoms with Crippen molar-refractivity contribution in [3.8, 4) is 5.75 Å². The summed E-state index contributed by atoms with van der Waals surface area (Å²) in [5.41, 5.74) is 5.72. The summed E-state index contributed by atoms with van der Waals surface area (Å²) in [6.45, 7) is 0.803. The molecule has 0 aromatic heterocycles. The first-order chi connectivity index (χ1) is 10.1. The number of rotatable bonds is 5. The molecule has 0 bridgehead atoms. The standard InChI is InChI=1S/C15H14F2N2O2/c16-11-7-10(8-12(17)9-11)15(20)19-13-1-3-14(4-2-13)21-6-5-18/h1-4,7-9H,5-6,18H2,(H,19,20). The Morgan fingerprint density at radius 3 is 2.29 bits per heavy atom. The number of carbonyl (C=O) groups excluding carboxylic acids is 1. The van der Waals surface area contributed by atoms with Crippen molar-refractivity contribution in [2.24, 2.45) is 5.73 Å². The molecule has 0 radical (unpaired) electrons. The number of hydrogen-bond donors (Lipinski definition) is 2. The predicted molar refractivity (Wildman–Crippen MR) is 75.3 cm³/mol. The lowest BCUT2D eigenvalue weighted by Gasteiger charge is -2.08. The van der Waals surface area contributed by atoms with Gasteiger partial charge in [-0.25, -0.2) is 8.78 Å². The largest absolute Gasteiger partial charge is 0.492 e. The van der Waals surface area contributed by atoms with Crippen molar-refractivity contribution in [3.63, 3.8) is 0 Å². The minimum Gasteiger partial charge on any atom is -0.492 e. The Labute approximate surface area is 120 Å². The Morgan fingerprint density at radius 2 is 1.71 bits per heavy atom. The highest BCUT2D eigenvalue weighted by Gasteiger charge is 2.09. The van der Waals surface area contributed by atoms with Crippen molar-refractivity contribution < 1.29 is 18.3 Å². The van der Waals surface area contributed by atoms with Crippen LogP contribution >= 0.6 is 0 Å². The van der Waals surface area contributed by atoms with Gasteiger partial charge in [-0.3, -0.25) is 4.79 Å². The number of ether oxygens (including phenoxy) is 1. The molecule has 2 aromatic carbocycles. The van der Waals surface area contributed by atoms with Crippen LogP contribution in [0.5, 0.6) is 5.75 Å². The smallest absolute Gasteiger partial charge is 0.255 e. The highest BCUT2D eigenvalue weighted by atomic mass is 19.1. The van der Waals surface area contributed by atoms with Gasteiger partial charge in [-0.05, 0) is 36.4 Å². The lowest BCUT2D eigenvalue weighted by Crippen LogP contribution is -2.13. The molecule has 6 heteroatoms. The van der Waals surface area contributed by atoms with Crippen molar-refractivity contribution >= 4 is 11.6 Å². The van der Waals surface area contributed by atoms with Crippen molar-refractivity contribution in [1.82, 2.24) is 0 Å². The zero-order chi connectivity index (χ0) is 15.2. The minimum atomic E-state index is -0.800. The summed E-state index contributed by atoms with van der Waals surface area (Å²) in [6.07, 6.45) is 0. The molecule has 110 valence electrons. The molecule has 0 heterocycles. The van der Waals surface area contributed by atoms with Crippen LogP contribution in [0.2, 0.25) is 0 Å². The number of halogens is 2. The summed E-state index contributed by atoms with van der Waals surface area (Å²) >= 11 is 0. The van der Waals surface area contributed by atoms with Gasteiger partial charge in [-0.1, -0.05) is 0 Å². The lowest BCUT2D eigenvalue weighted by atomic mass is 10.2. The number of nitrogens with two attached hydrogens (primary N) is 1. The Bertz CT molecular complexity index is 610. The number of carbonyl (C=O) groups is 1. The summed E-state index contributed by atoms with van der Waals surface area (Å²) in [4.78, 5) is 11.9. The van der Waals surface area contributed by atoms with Gasteiger partial charge < -0.3 is 15.8 Å². The second-order valence-corrected chi connectivity index (χ2v) is 4.27. The molecule has 0 saturated heterocycles. The molecule has 0 saturated carbocycles. The highest BCUT2D eigenvalue weighted by molar-refractivity contribution is 6.04. The molecule has 0 spiro atoms. The van der Waals surface area contributed by atoms with E-state index in [9.17, 15) is 13.6 Å². The van der Waals surface area contributed by atoms with Crippen LogP contribution in [-0.2, 0) is 0 Å². The van der Waals surface area contributed by atoms with Gasteiger partial charge in [-0.15, -0.1) is 0 Å². The van der Waals surface area contributed by atoms with E-state index in [2.05, 4.69) is 5.32 Å². The van der Waals surface area contributed by atoms with Gasteiger partial charge in [0.15, 0.2) is 0 Å². The Hall–Kier alpha value is -2.47. The van der Waals surface area contributed by atoms with E-state index in [1.165, 1.54) is 0 Å². The summed E-state index contributed by atoms with van der Waals surface area (Å²) in [6, 6.07) is 9.22. The van der Waals surface area contributed by atoms with E-state index >= 15 is 0 Å². The van der Waals surface area contributed by atoms with Gasteiger partial charge in [0.1, 0.15) is 24.0 Å². The van der Waals surface area contributed by atoms with Gasteiger partial charge in [0.25, 0.3) is 5.91 Å². The summed E-state index contributed by atoms with van der Waals surface area (Å²) in [7, 11) is 0. The van der Waals surface area contributed by atoms with Crippen molar-refractivity contribution in [2.75, 3.05) is 18.5 Å². The van der Waals surface area contributed by atoms with Crippen LogP contribution in [0.15, 0.2) is 42.5 Å². The van der Waals surface area contributed by atoms with Crippen LogP contribution in [-0.4, -0.2) is 19.1 Å². The topological polar surface area (TPSA) is 64.3 Å². The van der Waals surface area contributed by atoms with Crippen LogP contribution < -0.4 is 15.8 Å². The van der Waals surface area contributed by atoms with Crippen molar-refractivity contribution in [2.45, 2.75) is 0 Å². The first-order valence-electron chi connectivity index (χ1n) is 6.29. The average Bonchev–Trinajstić information content (AvgIpc) is 2.45. The fourth-order valence-electron chi connectivity index (χ4n) is 1.70. The molecule has 1 amide bonds. The maximum absolute atomic E-state index is 13.1. The van der Waals surface area contributed by atoms with Crippen LogP contribution in [0, 0.1) is 11.6 Å². The first kappa shape index (κ1) is 14.9. The molecule has 0 atom stereocenters. The molecule has 3 N–H and O–H groups in total. The normalized spacial score (nSPS) is 10.2. The zero-order valence-electron chi connectivity index (χ0n) is 11.1. The average molecular weight is 292 g/mol. The minimum absolute atomic E-state index is 0.0871. The van der Waals surface area contributed by atoms with E-state index < -0.39 is 17.5 Å². The summed E-state index contributed by atoms with van der Waals surface area (Å²) < 4.78 is 31.4. The summed E-state index contributed by atoms with van der Waals surface area (Å²) in [5, 5.41) is 2.54. The van der Waals surface area contributed by atoms with E-state index in [-0.39, 0.29) is 5.56 Å². The molecule has 0 fully saturated rings. The van der Waals surface area contributed by atoms with Gasteiger partial charge in [0.2, 0.25) is 0 Å². The molecule has 0 aliphatic carbocycles. The summed E-state index contributed by atoms with van der Waals surface area (Å²) in [5.74, 6) is -1.57. The van der Waals surface area contributed by atoms with Gasteiger partial charge in [0, 0.05) is 23.9 Å². The quantitative estimate of drug-likeness (QED) is 0.890. The van der Waals surface area contributed by atoms with Crippen LogP contribution in [0.3, 0.4) is 0 Å². The maximum Gasteiger partial charge on any atom is 0.255 e. The highest BCUT2D eigenvalue weighted by Crippen LogP contribution is 2.17. The number of anilines is 1. The molecule has 2 rings (SSSR count). The second-order valence-electron chi connectivity index (χ2n) is 4.27. The number of hydrogen-bond acceptors (Lipinski definition) is 3. The molecule has 21 heavy (non-hydrogen) atoms. The van der Waals surface area contributed by atoms with Gasteiger partial charge in [0.05, 0.1) is 0 Å². The second kappa shape index (κ2) is 6.81. The van der Waals surface area contributed by atoms with E-state index in [1.807, 2.05) is 0 Å². The number of benzene rings is 2. The predicted octanol–water partition coefficient (Wildman–Crippen LogP) is 2.55. The van der Waals surface area contributed by atoms with E-state index in [0.29, 0.717) is 30.7 Å². The number of amides is 1. The third-order valence-corrected chi connectivity index (χ3v) is 2.62. The van der Waals surface area contributed by atoms with Crippen molar-refractivity contribution in [3.05, 3.63) is 59.7 Å². The zero-order valence-corrected chi connectivity index (χ0v) is 11.1. The van der Waals surface area contributed by atoms with E-state index in [4.69, 9.17) is 10.5 Å². The molecular weight excluding hydrogens is 278 g/mol.